The minimum Gasteiger partial charge on any atom is -0.472 e. The van der Waals surface area contributed by atoms with Gasteiger partial charge in [0.2, 0.25) is 5.88 Å². The molecule has 18 heavy (non-hydrogen) atoms. The van der Waals surface area contributed by atoms with Gasteiger partial charge in [-0.05, 0) is 18.1 Å². The van der Waals surface area contributed by atoms with Crippen LogP contribution in [0, 0.1) is 0 Å². The van der Waals surface area contributed by atoms with Crippen molar-refractivity contribution < 1.29 is 13.5 Å². The smallest absolute Gasteiger partial charge is 0.272 e. The van der Waals surface area contributed by atoms with Gasteiger partial charge in [0.25, 0.3) is 6.43 Å². The van der Waals surface area contributed by atoms with Crippen LogP contribution in [0.25, 0.3) is 0 Å². The van der Waals surface area contributed by atoms with Crippen LogP contribution < -0.4 is 10.1 Å². The molecule has 0 bridgehead atoms. The van der Waals surface area contributed by atoms with Crippen molar-refractivity contribution >= 4 is 0 Å². The standard InChI is InChI=1S/C13H20F2N2O/c1-4-11-5-10(7-16-9(2)3)6-13(17-11)18-8-12(14)15/h5-6,9,12,16H,4,7-8H2,1-3H3. The van der Waals surface area contributed by atoms with Crippen molar-refractivity contribution in [3.05, 3.63) is 23.4 Å². The van der Waals surface area contributed by atoms with Gasteiger partial charge in [0.15, 0.2) is 6.61 Å². The highest BCUT2D eigenvalue weighted by molar-refractivity contribution is 5.25. The molecule has 0 aliphatic rings. The minimum absolute atomic E-state index is 0.273. The molecule has 0 spiro atoms. The molecule has 3 nitrogen and oxygen atoms in total. The van der Waals surface area contributed by atoms with Crippen LogP contribution in [0.15, 0.2) is 12.1 Å². The molecule has 1 rings (SSSR count). The van der Waals surface area contributed by atoms with E-state index in [1.807, 2.05) is 13.0 Å². The number of halogens is 2. The van der Waals surface area contributed by atoms with Crippen LogP contribution in [-0.4, -0.2) is 24.1 Å². The second-order valence-corrected chi connectivity index (χ2v) is 4.40. The summed E-state index contributed by atoms with van der Waals surface area (Å²) in [7, 11) is 0. The van der Waals surface area contributed by atoms with E-state index in [0.29, 0.717) is 12.6 Å². The first kappa shape index (κ1) is 14.8. The van der Waals surface area contributed by atoms with E-state index in [4.69, 9.17) is 4.74 Å². The fourth-order valence-corrected chi connectivity index (χ4v) is 1.45. The Bertz CT molecular complexity index is 340. The maximum absolute atomic E-state index is 12.1. The van der Waals surface area contributed by atoms with E-state index >= 15 is 0 Å². The number of alkyl halides is 2. The summed E-state index contributed by atoms with van der Waals surface area (Å²) in [6, 6.07) is 4.04. The van der Waals surface area contributed by atoms with Crippen molar-refractivity contribution in [3.63, 3.8) is 0 Å². The van der Waals surface area contributed by atoms with Gasteiger partial charge in [-0.3, -0.25) is 0 Å². The number of nitrogens with zero attached hydrogens (tertiary/aromatic N) is 1. The molecule has 0 radical (unpaired) electrons. The first-order valence-corrected chi connectivity index (χ1v) is 6.15. The van der Waals surface area contributed by atoms with Gasteiger partial charge in [-0.2, -0.15) is 0 Å². The lowest BCUT2D eigenvalue weighted by Gasteiger charge is -2.11. The van der Waals surface area contributed by atoms with Crippen molar-refractivity contribution in [1.29, 1.82) is 0 Å². The molecule has 0 aliphatic carbocycles. The SMILES string of the molecule is CCc1cc(CNC(C)C)cc(OCC(F)F)n1. The van der Waals surface area contributed by atoms with E-state index in [1.165, 1.54) is 0 Å². The average Bonchev–Trinajstić information content (AvgIpc) is 2.33. The number of nitrogens with one attached hydrogen (secondary N) is 1. The Balaban J connectivity index is 2.74. The van der Waals surface area contributed by atoms with Crippen LogP contribution >= 0.6 is 0 Å². The van der Waals surface area contributed by atoms with Gasteiger partial charge in [-0.25, -0.2) is 13.8 Å². The number of hydrogen-bond donors (Lipinski definition) is 1. The summed E-state index contributed by atoms with van der Waals surface area (Å²) in [5.41, 5.74) is 1.85. The largest absolute Gasteiger partial charge is 0.472 e. The molecule has 1 heterocycles. The third-order valence-electron chi connectivity index (χ3n) is 2.35. The Morgan fingerprint density at radius 3 is 2.61 bits per heavy atom. The summed E-state index contributed by atoms with van der Waals surface area (Å²) in [4.78, 5) is 4.17. The van der Waals surface area contributed by atoms with Crippen molar-refractivity contribution in [1.82, 2.24) is 10.3 Å². The molecule has 0 saturated carbocycles. The highest BCUT2D eigenvalue weighted by Gasteiger charge is 2.07. The molecular weight excluding hydrogens is 238 g/mol. The summed E-state index contributed by atoms with van der Waals surface area (Å²) in [6.07, 6.45) is -1.73. The average molecular weight is 258 g/mol. The topological polar surface area (TPSA) is 34.1 Å². The summed E-state index contributed by atoms with van der Waals surface area (Å²) in [6.45, 7) is 6.14. The molecule has 1 aromatic rings. The molecule has 0 atom stereocenters. The summed E-state index contributed by atoms with van der Waals surface area (Å²) in [5, 5.41) is 3.27. The number of aryl methyl sites for hydroxylation is 1. The van der Waals surface area contributed by atoms with Crippen LogP contribution in [0.4, 0.5) is 8.78 Å². The third-order valence-corrected chi connectivity index (χ3v) is 2.35. The second kappa shape index (κ2) is 7.26. The zero-order valence-electron chi connectivity index (χ0n) is 11.0. The highest BCUT2D eigenvalue weighted by Crippen LogP contribution is 2.14. The van der Waals surface area contributed by atoms with Gasteiger partial charge < -0.3 is 10.1 Å². The van der Waals surface area contributed by atoms with Gasteiger partial charge in [-0.1, -0.05) is 20.8 Å². The van der Waals surface area contributed by atoms with Gasteiger partial charge in [-0.15, -0.1) is 0 Å². The summed E-state index contributed by atoms with van der Waals surface area (Å²) >= 11 is 0. The van der Waals surface area contributed by atoms with Gasteiger partial charge >= 0.3 is 0 Å². The molecule has 0 amide bonds. The van der Waals surface area contributed by atoms with Crippen molar-refractivity contribution in [2.45, 2.75) is 46.2 Å². The number of hydrogen-bond acceptors (Lipinski definition) is 3. The maximum Gasteiger partial charge on any atom is 0.272 e. The maximum atomic E-state index is 12.1. The summed E-state index contributed by atoms with van der Waals surface area (Å²) < 4.78 is 29.2. The highest BCUT2D eigenvalue weighted by atomic mass is 19.3. The van der Waals surface area contributed by atoms with Crippen molar-refractivity contribution in [3.8, 4) is 5.88 Å². The van der Waals surface area contributed by atoms with Crippen LogP contribution in [0.5, 0.6) is 5.88 Å². The fourth-order valence-electron chi connectivity index (χ4n) is 1.45. The molecule has 0 saturated heterocycles. The van der Waals surface area contributed by atoms with E-state index < -0.39 is 13.0 Å². The molecule has 0 unspecified atom stereocenters. The molecule has 0 aliphatic heterocycles. The lowest BCUT2D eigenvalue weighted by atomic mass is 10.2. The van der Waals surface area contributed by atoms with Crippen LogP contribution in [0.3, 0.4) is 0 Å². The zero-order valence-corrected chi connectivity index (χ0v) is 11.0. The fraction of sp³-hybridized carbons (Fsp3) is 0.615. The third kappa shape index (κ3) is 5.40. The van der Waals surface area contributed by atoms with Crippen molar-refractivity contribution in [2.24, 2.45) is 0 Å². The lowest BCUT2D eigenvalue weighted by Crippen LogP contribution is -2.22. The Morgan fingerprint density at radius 2 is 2.06 bits per heavy atom. The first-order chi connectivity index (χ1) is 8.51. The molecule has 0 aromatic carbocycles. The number of rotatable bonds is 7. The van der Waals surface area contributed by atoms with Crippen molar-refractivity contribution in [2.75, 3.05) is 6.61 Å². The minimum atomic E-state index is -2.48. The Kier molecular flexibility index (Phi) is 5.98. The molecule has 0 fully saturated rings. The number of aromatic nitrogens is 1. The van der Waals surface area contributed by atoms with Gasteiger partial charge in [0.05, 0.1) is 0 Å². The Morgan fingerprint density at radius 1 is 1.33 bits per heavy atom. The molecule has 102 valence electrons. The van der Waals surface area contributed by atoms with Crippen LogP contribution in [0.2, 0.25) is 0 Å². The van der Waals surface area contributed by atoms with E-state index in [-0.39, 0.29) is 5.88 Å². The van der Waals surface area contributed by atoms with E-state index in [0.717, 1.165) is 17.7 Å². The second-order valence-electron chi connectivity index (χ2n) is 4.40. The van der Waals surface area contributed by atoms with E-state index in [9.17, 15) is 8.78 Å². The molecule has 1 aromatic heterocycles. The lowest BCUT2D eigenvalue weighted by molar-refractivity contribution is 0.0794. The quantitative estimate of drug-likeness (QED) is 0.816. The summed E-state index contributed by atoms with van der Waals surface area (Å²) in [5.74, 6) is 0.273. The first-order valence-electron chi connectivity index (χ1n) is 6.15. The number of ether oxygens (including phenoxy) is 1. The zero-order chi connectivity index (χ0) is 13.5. The molecule has 5 heteroatoms. The predicted molar refractivity (Wildman–Crippen MR) is 67.1 cm³/mol. The molecular formula is C13H20F2N2O. The number of pyridine rings is 1. The van der Waals surface area contributed by atoms with E-state index in [1.54, 1.807) is 6.07 Å². The Labute approximate surface area is 107 Å². The predicted octanol–water partition coefficient (Wildman–Crippen LogP) is 2.79. The van der Waals surface area contributed by atoms with Gasteiger partial charge in [0, 0.05) is 24.3 Å². The van der Waals surface area contributed by atoms with E-state index in [2.05, 4.69) is 24.1 Å². The monoisotopic (exact) mass is 258 g/mol. The van der Waals surface area contributed by atoms with Crippen LogP contribution in [-0.2, 0) is 13.0 Å². The normalized spacial score (nSPS) is 11.3. The van der Waals surface area contributed by atoms with Crippen LogP contribution in [0.1, 0.15) is 32.0 Å². The van der Waals surface area contributed by atoms with Gasteiger partial charge in [0.1, 0.15) is 0 Å². The molecule has 1 N–H and O–H groups in total. The Hall–Kier alpha value is -1.23.